The summed E-state index contributed by atoms with van der Waals surface area (Å²) in [4.78, 5) is 16.9. The van der Waals surface area contributed by atoms with Crippen molar-refractivity contribution in [3.63, 3.8) is 0 Å². The first-order valence-corrected chi connectivity index (χ1v) is 7.75. The van der Waals surface area contributed by atoms with Crippen molar-refractivity contribution in [2.75, 3.05) is 5.32 Å². The summed E-state index contributed by atoms with van der Waals surface area (Å²) in [5, 5.41) is 18.8. The first-order chi connectivity index (χ1) is 11.5. The number of carbonyl (C=O) groups is 1. The van der Waals surface area contributed by atoms with Gasteiger partial charge in [-0.25, -0.2) is 4.98 Å². The molecule has 1 aliphatic heterocycles. The van der Waals surface area contributed by atoms with Gasteiger partial charge in [-0.05, 0) is 49.0 Å². The SMILES string of the molecule is CC1=C(C(=O)Nc2ccccn2)C(c2ccc(O)cc2)NC(=S)N1. The Hall–Kier alpha value is -2.93. The number of hydrogen-bond donors (Lipinski definition) is 4. The molecule has 7 heteroatoms. The molecule has 122 valence electrons. The molecule has 1 aliphatic rings. The zero-order valence-corrected chi connectivity index (χ0v) is 13.7. The van der Waals surface area contributed by atoms with Crippen molar-refractivity contribution < 1.29 is 9.90 Å². The van der Waals surface area contributed by atoms with Crippen molar-refractivity contribution in [1.29, 1.82) is 0 Å². The number of phenols is 1. The van der Waals surface area contributed by atoms with Crippen LogP contribution in [0.4, 0.5) is 5.82 Å². The Bertz CT molecular complexity index is 803. The average Bonchev–Trinajstić information content (AvgIpc) is 2.55. The lowest BCUT2D eigenvalue weighted by atomic mass is 9.95. The van der Waals surface area contributed by atoms with E-state index in [-0.39, 0.29) is 11.7 Å². The van der Waals surface area contributed by atoms with Gasteiger partial charge in [0.2, 0.25) is 0 Å². The first kappa shape index (κ1) is 15.9. The molecule has 3 rings (SSSR count). The summed E-state index contributed by atoms with van der Waals surface area (Å²) in [5.41, 5.74) is 2.01. The van der Waals surface area contributed by atoms with Gasteiger partial charge in [0.15, 0.2) is 5.11 Å². The van der Waals surface area contributed by atoms with Crippen LogP contribution in [0.25, 0.3) is 0 Å². The number of pyridine rings is 1. The first-order valence-electron chi connectivity index (χ1n) is 7.34. The van der Waals surface area contributed by atoms with E-state index < -0.39 is 6.04 Å². The maximum atomic E-state index is 12.8. The van der Waals surface area contributed by atoms with E-state index in [1.165, 1.54) is 0 Å². The number of thiocarbonyl (C=S) groups is 1. The normalized spacial score (nSPS) is 17.0. The Morgan fingerprint density at radius 2 is 2.00 bits per heavy atom. The Morgan fingerprint density at radius 1 is 1.25 bits per heavy atom. The zero-order chi connectivity index (χ0) is 17.1. The molecule has 2 heterocycles. The van der Waals surface area contributed by atoms with Crippen molar-refractivity contribution in [3.8, 4) is 5.75 Å². The van der Waals surface area contributed by atoms with E-state index in [0.717, 1.165) is 5.56 Å². The van der Waals surface area contributed by atoms with Gasteiger partial charge >= 0.3 is 0 Å². The molecule has 4 N–H and O–H groups in total. The number of benzene rings is 1. The maximum Gasteiger partial charge on any atom is 0.256 e. The van der Waals surface area contributed by atoms with Gasteiger partial charge in [-0.2, -0.15) is 0 Å². The van der Waals surface area contributed by atoms with E-state index in [0.29, 0.717) is 22.2 Å². The van der Waals surface area contributed by atoms with Gasteiger partial charge in [-0.3, -0.25) is 4.79 Å². The van der Waals surface area contributed by atoms with E-state index >= 15 is 0 Å². The number of phenolic OH excluding ortho intramolecular Hbond substituents is 1. The molecule has 1 aromatic carbocycles. The third-order valence-electron chi connectivity index (χ3n) is 3.65. The number of nitrogens with zero attached hydrogens (tertiary/aromatic N) is 1. The van der Waals surface area contributed by atoms with Crippen LogP contribution in [0.15, 0.2) is 59.9 Å². The predicted octanol–water partition coefficient (Wildman–Crippen LogP) is 2.22. The molecule has 2 aromatic rings. The molecule has 0 saturated carbocycles. The fraction of sp³-hybridized carbons (Fsp3) is 0.118. The van der Waals surface area contributed by atoms with Crippen LogP contribution in [0.3, 0.4) is 0 Å². The van der Waals surface area contributed by atoms with Crippen LogP contribution in [0.5, 0.6) is 5.75 Å². The van der Waals surface area contributed by atoms with Gasteiger partial charge in [0, 0.05) is 11.9 Å². The Morgan fingerprint density at radius 3 is 2.67 bits per heavy atom. The minimum atomic E-state index is -0.414. The molecule has 0 radical (unpaired) electrons. The Kier molecular flexibility index (Phi) is 4.43. The van der Waals surface area contributed by atoms with E-state index in [1.807, 2.05) is 0 Å². The van der Waals surface area contributed by atoms with E-state index in [4.69, 9.17) is 12.2 Å². The molecule has 1 unspecified atom stereocenters. The number of allylic oxidation sites excluding steroid dienone is 1. The van der Waals surface area contributed by atoms with Crippen LogP contribution >= 0.6 is 12.2 Å². The molecule has 0 saturated heterocycles. The van der Waals surface area contributed by atoms with Crippen molar-refractivity contribution in [2.24, 2.45) is 0 Å². The van der Waals surface area contributed by atoms with E-state index in [1.54, 1.807) is 55.6 Å². The van der Waals surface area contributed by atoms with Crippen molar-refractivity contribution in [2.45, 2.75) is 13.0 Å². The number of carbonyl (C=O) groups excluding carboxylic acids is 1. The predicted molar refractivity (Wildman–Crippen MR) is 95.3 cm³/mol. The number of amides is 1. The number of aromatic hydroxyl groups is 1. The molecule has 1 atom stereocenters. The summed E-state index contributed by atoms with van der Waals surface area (Å²) < 4.78 is 0. The van der Waals surface area contributed by atoms with E-state index in [9.17, 15) is 9.90 Å². The summed E-state index contributed by atoms with van der Waals surface area (Å²) in [6.45, 7) is 1.80. The topological polar surface area (TPSA) is 86.3 Å². The van der Waals surface area contributed by atoms with Crippen LogP contribution in [-0.2, 0) is 4.79 Å². The standard InChI is InChI=1S/C17H16N4O2S/c1-10-14(16(23)20-13-4-2-3-9-18-13)15(21-17(24)19-10)11-5-7-12(22)8-6-11/h2-9,15,22H,1H3,(H,18,20,23)(H2,19,21,24). The third kappa shape index (κ3) is 3.36. The highest BCUT2D eigenvalue weighted by molar-refractivity contribution is 7.80. The number of rotatable bonds is 3. The smallest absolute Gasteiger partial charge is 0.256 e. The minimum absolute atomic E-state index is 0.162. The maximum absolute atomic E-state index is 12.8. The second-order valence-electron chi connectivity index (χ2n) is 5.33. The molecular formula is C17H16N4O2S. The summed E-state index contributed by atoms with van der Waals surface area (Å²) in [6, 6.07) is 11.5. The number of nitrogens with one attached hydrogen (secondary N) is 3. The van der Waals surface area contributed by atoms with Gasteiger partial charge < -0.3 is 21.1 Å². The fourth-order valence-corrected chi connectivity index (χ4v) is 2.80. The second-order valence-corrected chi connectivity index (χ2v) is 5.74. The van der Waals surface area contributed by atoms with Crippen LogP contribution in [-0.4, -0.2) is 21.1 Å². The van der Waals surface area contributed by atoms with E-state index in [2.05, 4.69) is 20.9 Å². The third-order valence-corrected chi connectivity index (χ3v) is 3.87. The van der Waals surface area contributed by atoms with Crippen LogP contribution in [0.1, 0.15) is 18.5 Å². The van der Waals surface area contributed by atoms with Gasteiger partial charge in [0.05, 0.1) is 11.6 Å². The lowest BCUT2D eigenvalue weighted by Crippen LogP contribution is -2.45. The Balaban J connectivity index is 1.94. The zero-order valence-electron chi connectivity index (χ0n) is 12.9. The van der Waals surface area contributed by atoms with Crippen molar-refractivity contribution in [3.05, 3.63) is 65.5 Å². The largest absolute Gasteiger partial charge is 0.508 e. The molecule has 0 spiro atoms. The lowest BCUT2D eigenvalue weighted by Gasteiger charge is -2.30. The highest BCUT2D eigenvalue weighted by Crippen LogP contribution is 2.28. The molecule has 0 aliphatic carbocycles. The summed E-state index contributed by atoms with van der Waals surface area (Å²) >= 11 is 5.20. The minimum Gasteiger partial charge on any atom is -0.508 e. The molecule has 6 nitrogen and oxygen atoms in total. The van der Waals surface area contributed by atoms with Crippen LogP contribution in [0, 0.1) is 0 Å². The molecular weight excluding hydrogens is 324 g/mol. The van der Waals surface area contributed by atoms with Gasteiger partial charge in [0.1, 0.15) is 11.6 Å². The molecule has 1 amide bonds. The average molecular weight is 340 g/mol. The molecule has 0 bridgehead atoms. The summed E-state index contributed by atoms with van der Waals surface area (Å²) in [5.74, 6) is 0.364. The van der Waals surface area contributed by atoms with Crippen molar-refractivity contribution in [1.82, 2.24) is 15.6 Å². The van der Waals surface area contributed by atoms with Gasteiger partial charge in [-0.15, -0.1) is 0 Å². The highest BCUT2D eigenvalue weighted by atomic mass is 32.1. The number of anilines is 1. The monoisotopic (exact) mass is 340 g/mol. The molecule has 1 aromatic heterocycles. The number of aromatic nitrogens is 1. The summed E-state index contributed by atoms with van der Waals surface area (Å²) in [7, 11) is 0. The van der Waals surface area contributed by atoms with Gasteiger partial charge in [-0.1, -0.05) is 18.2 Å². The van der Waals surface area contributed by atoms with Gasteiger partial charge in [0.25, 0.3) is 5.91 Å². The quantitative estimate of drug-likeness (QED) is 0.641. The Labute approximate surface area is 144 Å². The number of hydrogen-bond acceptors (Lipinski definition) is 4. The fourth-order valence-electron chi connectivity index (χ4n) is 2.53. The molecule has 24 heavy (non-hydrogen) atoms. The highest BCUT2D eigenvalue weighted by Gasteiger charge is 2.30. The lowest BCUT2D eigenvalue weighted by molar-refractivity contribution is -0.113. The molecule has 0 fully saturated rings. The van der Waals surface area contributed by atoms with Crippen LogP contribution in [0.2, 0.25) is 0 Å². The second kappa shape index (κ2) is 6.67. The van der Waals surface area contributed by atoms with Crippen LogP contribution < -0.4 is 16.0 Å². The van der Waals surface area contributed by atoms with Crippen molar-refractivity contribution >= 4 is 29.1 Å². The summed E-state index contributed by atoms with van der Waals surface area (Å²) in [6.07, 6.45) is 1.61.